The molecule has 86 valence electrons. The monoisotopic (exact) mass is 238 g/mol. The van der Waals surface area contributed by atoms with E-state index in [1.165, 1.54) is 0 Å². The summed E-state index contributed by atoms with van der Waals surface area (Å²) in [6, 6.07) is 1.59. The highest BCUT2D eigenvalue weighted by molar-refractivity contribution is 7.08. The van der Waals surface area contributed by atoms with Crippen LogP contribution in [-0.4, -0.2) is 21.5 Å². The molecule has 1 rings (SSSR count). The molecule has 0 aliphatic carbocycles. The number of nitrogens with zero attached hydrogens (tertiary/aromatic N) is 3. The molecule has 1 unspecified atom stereocenters. The second kappa shape index (κ2) is 6.18. The molecule has 1 N–H and O–H groups in total. The minimum Gasteiger partial charge on any atom is -0.335 e. The Balaban J connectivity index is 2.73. The van der Waals surface area contributed by atoms with Crippen LogP contribution in [0.1, 0.15) is 42.1 Å². The fraction of sp³-hybridized carbons (Fsp3) is 0.600. The molecule has 0 radical (unpaired) electrons. The van der Waals surface area contributed by atoms with Crippen molar-refractivity contribution >= 4 is 17.4 Å². The summed E-state index contributed by atoms with van der Waals surface area (Å²) in [5.41, 5.74) is 0.720. The summed E-state index contributed by atoms with van der Waals surface area (Å²) in [6.07, 6.45) is 2.25. The lowest BCUT2D eigenvalue weighted by Gasteiger charge is -2.07. The number of carbonyl (C=O) groups excluding carboxylic acids is 1. The van der Waals surface area contributed by atoms with Gasteiger partial charge in [-0.3, -0.25) is 4.79 Å². The predicted molar refractivity (Wildman–Crippen MR) is 61.1 cm³/mol. The van der Waals surface area contributed by atoms with E-state index in [0.29, 0.717) is 11.3 Å². The first-order valence-corrected chi connectivity index (χ1v) is 6.01. The molecule has 0 aliphatic rings. The maximum atomic E-state index is 11.8. The Morgan fingerprint density at radius 2 is 2.38 bits per heavy atom. The smallest absolute Gasteiger partial charge is 0.265 e. The molecule has 0 saturated carbocycles. The normalized spacial score (nSPS) is 11.8. The van der Waals surface area contributed by atoms with Gasteiger partial charge in [-0.1, -0.05) is 24.8 Å². The quantitative estimate of drug-likeness (QED) is 0.843. The third-order valence-electron chi connectivity index (χ3n) is 2.12. The molecule has 0 fully saturated rings. The highest BCUT2D eigenvalue weighted by Gasteiger charge is 2.18. The van der Waals surface area contributed by atoms with Gasteiger partial charge in [0.1, 0.15) is 10.9 Å². The highest BCUT2D eigenvalue weighted by atomic mass is 32.1. The molecule has 0 aromatic carbocycles. The third-order valence-corrected chi connectivity index (χ3v) is 2.89. The summed E-state index contributed by atoms with van der Waals surface area (Å²) in [5, 5.41) is 15.3. The van der Waals surface area contributed by atoms with Gasteiger partial charge in [0.15, 0.2) is 0 Å². The Bertz CT molecular complexity index is 396. The molecule has 16 heavy (non-hydrogen) atoms. The Morgan fingerprint density at radius 3 is 2.94 bits per heavy atom. The van der Waals surface area contributed by atoms with Crippen molar-refractivity contribution in [2.24, 2.45) is 0 Å². The van der Waals surface area contributed by atoms with E-state index in [4.69, 9.17) is 5.26 Å². The molecule has 0 spiro atoms. The second-order valence-electron chi connectivity index (χ2n) is 3.36. The molecular weight excluding hydrogens is 224 g/mol. The topological polar surface area (TPSA) is 78.7 Å². The second-order valence-corrected chi connectivity index (χ2v) is 4.12. The molecular formula is C10H14N4OS. The van der Waals surface area contributed by atoms with Crippen molar-refractivity contribution in [2.45, 2.75) is 39.2 Å². The minimum absolute atomic E-state index is 0.244. The highest BCUT2D eigenvalue weighted by Crippen LogP contribution is 2.12. The van der Waals surface area contributed by atoms with Crippen LogP contribution in [0.2, 0.25) is 0 Å². The van der Waals surface area contributed by atoms with Crippen LogP contribution in [0.15, 0.2) is 0 Å². The Morgan fingerprint density at radius 1 is 1.62 bits per heavy atom. The third kappa shape index (κ3) is 3.00. The number of nitrogens with one attached hydrogen (secondary N) is 1. The molecule has 1 heterocycles. The number of carbonyl (C=O) groups is 1. The Labute approximate surface area is 98.6 Å². The summed E-state index contributed by atoms with van der Waals surface area (Å²) >= 11 is 1.08. The lowest BCUT2D eigenvalue weighted by molar-refractivity contribution is 0.0947. The van der Waals surface area contributed by atoms with E-state index in [2.05, 4.69) is 14.9 Å². The van der Waals surface area contributed by atoms with Crippen LogP contribution >= 0.6 is 11.5 Å². The van der Waals surface area contributed by atoms with Crippen molar-refractivity contribution in [3.05, 3.63) is 10.6 Å². The summed E-state index contributed by atoms with van der Waals surface area (Å²) in [7, 11) is 0. The number of hydrogen-bond donors (Lipinski definition) is 1. The van der Waals surface area contributed by atoms with E-state index < -0.39 is 6.04 Å². The standard InChI is InChI=1S/C10H14N4OS/c1-3-5-8-9(16-14-13-8)10(15)12-7(4-2)6-11/h7H,3-5H2,1-2H3,(H,12,15). The van der Waals surface area contributed by atoms with Gasteiger partial charge in [-0.05, 0) is 24.4 Å². The first-order chi connectivity index (χ1) is 7.72. The molecule has 6 heteroatoms. The van der Waals surface area contributed by atoms with Crippen molar-refractivity contribution < 1.29 is 4.79 Å². The summed E-state index contributed by atoms with van der Waals surface area (Å²) in [5.74, 6) is -0.244. The van der Waals surface area contributed by atoms with Gasteiger partial charge in [-0.2, -0.15) is 5.26 Å². The van der Waals surface area contributed by atoms with E-state index in [-0.39, 0.29) is 5.91 Å². The number of hydrogen-bond acceptors (Lipinski definition) is 5. The van der Waals surface area contributed by atoms with Crippen molar-refractivity contribution in [2.75, 3.05) is 0 Å². The van der Waals surface area contributed by atoms with E-state index in [0.717, 1.165) is 30.1 Å². The minimum atomic E-state index is -0.441. The van der Waals surface area contributed by atoms with E-state index >= 15 is 0 Å². The van der Waals surface area contributed by atoms with Crippen LogP contribution in [0.25, 0.3) is 0 Å². The van der Waals surface area contributed by atoms with Gasteiger partial charge in [0, 0.05) is 0 Å². The fourth-order valence-corrected chi connectivity index (χ4v) is 1.84. The largest absolute Gasteiger partial charge is 0.335 e. The summed E-state index contributed by atoms with van der Waals surface area (Å²) in [6.45, 7) is 3.87. The fourth-order valence-electron chi connectivity index (χ4n) is 1.23. The van der Waals surface area contributed by atoms with Gasteiger partial charge in [0.25, 0.3) is 5.91 Å². The molecule has 5 nitrogen and oxygen atoms in total. The average molecular weight is 238 g/mol. The van der Waals surface area contributed by atoms with Crippen molar-refractivity contribution in [3.63, 3.8) is 0 Å². The first kappa shape index (κ1) is 12.6. The molecule has 0 bridgehead atoms. The first-order valence-electron chi connectivity index (χ1n) is 5.24. The van der Waals surface area contributed by atoms with Crippen LogP contribution in [0.4, 0.5) is 0 Å². The lowest BCUT2D eigenvalue weighted by Crippen LogP contribution is -2.33. The molecule has 0 aliphatic heterocycles. The van der Waals surface area contributed by atoms with Crippen LogP contribution in [0, 0.1) is 11.3 Å². The van der Waals surface area contributed by atoms with Crippen molar-refractivity contribution in [3.8, 4) is 6.07 Å². The molecule has 0 saturated heterocycles. The van der Waals surface area contributed by atoms with Crippen LogP contribution < -0.4 is 5.32 Å². The number of amides is 1. The van der Waals surface area contributed by atoms with Crippen LogP contribution in [0.3, 0.4) is 0 Å². The van der Waals surface area contributed by atoms with E-state index in [1.54, 1.807) is 0 Å². The van der Waals surface area contributed by atoms with Crippen molar-refractivity contribution in [1.29, 1.82) is 5.26 Å². The van der Waals surface area contributed by atoms with E-state index in [1.807, 2.05) is 19.9 Å². The summed E-state index contributed by atoms with van der Waals surface area (Å²) < 4.78 is 3.77. The maximum absolute atomic E-state index is 11.8. The SMILES string of the molecule is CCCc1nnsc1C(=O)NC(C#N)CC. The number of aromatic nitrogens is 2. The van der Waals surface area contributed by atoms with Gasteiger partial charge in [0.2, 0.25) is 0 Å². The number of aryl methyl sites for hydroxylation is 1. The van der Waals surface area contributed by atoms with E-state index in [9.17, 15) is 4.79 Å². The van der Waals surface area contributed by atoms with Gasteiger partial charge in [-0.15, -0.1) is 5.10 Å². The molecule has 1 atom stereocenters. The maximum Gasteiger partial charge on any atom is 0.265 e. The van der Waals surface area contributed by atoms with Gasteiger partial charge in [-0.25, -0.2) is 0 Å². The summed E-state index contributed by atoms with van der Waals surface area (Å²) in [4.78, 5) is 12.3. The van der Waals surface area contributed by atoms with Gasteiger partial charge < -0.3 is 5.32 Å². The number of rotatable bonds is 5. The molecule has 1 amide bonds. The van der Waals surface area contributed by atoms with Gasteiger partial charge in [0.05, 0.1) is 11.8 Å². The molecule has 1 aromatic heterocycles. The number of nitriles is 1. The lowest BCUT2D eigenvalue weighted by atomic mass is 10.2. The van der Waals surface area contributed by atoms with Gasteiger partial charge >= 0.3 is 0 Å². The Hall–Kier alpha value is -1.48. The molecule has 1 aromatic rings. The zero-order chi connectivity index (χ0) is 12.0. The van der Waals surface area contributed by atoms with Crippen LogP contribution in [0.5, 0.6) is 0 Å². The zero-order valence-corrected chi connectivity index (χ0v) is 10.2. The zero-order valence-electron chi connectivity index (χ0n) is 9.36. The van der Waals surface area contributed by atoms with Crippen LogP contribution in [-0.2, 0) is 6.42 Å². The predicted octanol–water partition coefficient (Wildman–Crippen LogP) is 1.52. The average Bonchev–Trinajstić information content (AvgIpc) is 2.74. The Kier molecular flexibility index (Phi) is 4.86. The van der Waals surface area contributed by atoms with Crippen molar-refractivity contribution in [1.82, 2.24) is 14.9 Å².